The van der Waals surface area contributed by atoms with Crippen LogP contribution in [-0.4, -0.2) is 35.5 Å². The second-order valence-corrected chi connectivity index (χ2v) is 13.3. The molecule has 4 aliphatic carbocycles. The zero-order chi connectivity index (χ0) is 22.3. The predicted molar refractivity (Wildman–Crippen MR) is 123 cm³/mol. The first-order chi connectivity index (χ1) is 15.3. The molecule has 4 saturated carbocycles. The molecule has 2 aliphatic heterocycles. The minimum absolute atomic E-state index is 0.00638. The molecule has 0 bridgehead atoms. The Balaban J connectivity index is 1.21. The molecule has 1 N–H and O–H groups in total. The van der Waals surface area contributed by atoms with Crippen molar-refractivity contribution in [1.82, 2.24) is 0 Å². The van der Waals surface area contributed by atoms with E-state index in [2.05, 4.69) is 20.8 Å². The normalized spacial score (nSPS) is 56.8. The molecule has 11 atom stereocenters. The van der Waals surface area contributed by atoms with Gasteiger partial charge >= 0.3 is 5.97 Å². The summed E-state index contributed by atoms with van der Waals surface area (Å²) in [6, 6.07) is 0. The van der Waals surface area contributed by atoms with Crippen LogP contribution < -0.4 is 0 Å². The van der Waals surface area contributed by atoms with Crippen LogP contribution in [0.2, 0.25) is 0 Å². The van der Waals surface area contributed by atoms with Crippen molar-refractivity contribution in [2.75, 3.05) is 6.61 Å². The Hall–Kier alpha value is -0.610. The second kappa shape index (κ2) is 7.44. The summed E-state index contributed by atoms with van der Waals surface area (Å²) >= 11 is 0. The second-order valence-electron chi connectivity index (χ2n) is 13.3. The van der Waals surface area contributed by atoms with Gasteiger partial charge in [0.05, 0.1) is 17.1 Å². The highest BCUT2D eigenvalue weighted by Crippen LogP contribution is 2.67. The molecule has 0 aromatic heterocycles. The van der Waals surface area contributed by atoms with Crippen LogP contribution >= 0.6 is 0 Å². The highest BCUT2D eigenvalue weighted by Gasteiger charge is 2.71. The molecule has 0 amide bonds. The van der Waals surface area contributed by atoms with Crippen molar-refractivity contribution in [3.8, 4) is 0 Å². The topological polar surface area (TPSA) is 55.8 Å². The third-order valence-electron chi connectivity index (χ3n) is 11.7. The minimum Gasteiger partial charge on any atom is -0.462 e. The molecular formula is C28H44O4. The fraction of sp³-hybridized carbons (Fsp3) is 0.964. The maximum Gasteiger partial charge on any atom is 0.312 e. The van der Waals surface area contributed by atoms with Crippen LogP contribution in [0.25, 0.3) is 0 Å². The molecule has 32 heavy (non-hydrogen) atoms. The van der Waals surface area contributed by atoms with Gasteiger partial charge in [-0.1, -0.05) is 33.1 Å². The molecule has 6 unspecified atom stereocenters. The lowest BCUT2D eigenvalue weighted by Gasteiger charge is -2.61. The van der Waals surface area contributed by atoms with Crippen LogP contribution in [0.15, 0.2) is 0 Å². The van der Waals surface area contributed by atoms with Gasteiger partial charge in [-0.15, -0.1) is 0 Å². The molecule has 4 heteroatoms. The molecule has 0 radical (unpaired) electrons. The van der Waals surface area contributed by atoms with Gasteiger partial charge in [-0.25, -0.2) is 0 Å². The van der Waals surface area contributed by atoms with E-state index < -0.39 is 11.0 Å². The minimum atomic E-state index is -0.720. The maximum atomic E-state index is 12.9. The summed E-state index contributed by atoms with van der Waals surface area (Å²) in [5, 5.41) is 12.4. The Labute approximate surface area is 194 Å². The summed E-state index contributed by atoms with van der Waals surface area (Å²) in [6.07, 6.45) is 14.2. The van der Waals surface area contributed by atoms with Crippen LogP contribution in [0.4, 0.5) is 0 Å². The molecule has 180 valence electrons. The highest BCUT2D eigenvalue weighted by molar-refractivity contribution is 5.80. The molecule has 6 rings (SSSR count). The lowest BCUT2D eigenvalue weighted by Crippen LogP contribution is -2.65. The fourth-order valence-electron chi connectivity index (χ4n) is 9.83. The number of hydrogen-bond acceptors (Lipinski definition) is 4. The van der Waals surface area contributed by atoms with E-state index in [4.69, 9.17) is 9.47 Å². The molecule has 0 aromatic rings. The molecule has 6 aliphatic rings. The fourth-order valence-corrected chi connectivity index (χ4v) is 9.83. The van der Waals surface area contributed by atoms with E-state index >= 15 is 0 Å². The quantitative estimate of drug-likeness (QED) is 0.581. The standard InChI is InChI=1S/C28H44O4/c1-17-14-22-24-26(2,25(29)32-22)10-5-11-27(24,3)28(17,30)12-8-18-9-13-31-23(18)20-7-4-6-19-15-21(19)16-20/h17-24,30H,4-16H2,1-3H3/t17-,18?,19?,20?,21?,22-,23?,24?,26+,27-,28-/m1/s1. The van der Waals surface area contributed by atoms with Gasteiger partial charge in [0.1, 0.15) is 6.10 Å². The van der Waals surface area contributed by atoms with Gasteiger partial charge in [0.25, 0.3) is 0 Å². The largest absolute Gasteiger partial charge is 0.462 e. The van der Waals surface area contributed by atoms with Crippen molar-refractivity contribution < 1.29 is 19.4 Å². The molecule has 2 saturated heterocycles. The van der Waals surface area contributed by atoms with Crippen molar-refractivity contribution in [3.63, 3.8) is 0 Å². The van der Waals surface area contributed by atoms with Crippen LogP contribution in [0.1, 0.15) is 97.8 Å². The average molecular weight is 445 g/mol. The van der Waals surface area contributed by atoms with Gasteiger partial charge in [0.2, 0.25) is 0 Å². The number of esters is 1. The first-order valence-corrected chi connectivity index (χ1v) is 13.8. The van der Waals surface area contributed by atoms with Gasteiger partial charge in [0, 0.05) is 17.9 Å². The van der Waals surface area contributed by atoms with Gasteiger partial charge in [0.15, 0.2) is 0 Å². The van der Waals surface area contributed by atoms with Crippen LogP contribution in [0.3, 0.4) is 0 Å². The summed E-state index contributed by atoms with van der Waals surface area (Å²) in [7, 11) is 0. The van der Waals surface area contributed by atoms with Gasteiger partial charge in [-0.05, 0) is 94.3 Å². The molecule has 4 nitrogen and oxygen atoms in total. The van der Waals surface area contributed by atoms with Crippen molar-refractivity contribution in [3.05, 3.63) is 0 Å². The number of fused-ring (bicyclic) bond motifs is 1. The summed E-state index contributed by atoms with van der Waals surface area (Å²) in [4.78, 5) is 12.9. The zero-order valence-corrected chi connectivity index (χ0v) is 20.5. The highest BCUT2D eigenvalue weighted by atomic mass is 16.6. The summed E-state index contributed by atoms with van der Waals surface area (Å²) in [5.41, 5.74) is -1.37. The van der Waals surface area contributed by atoms with E-state index in [9.17, 15) is 9.90 Å². The number of rotatable bonds is 4. The SMILES string of the molecule is C[C@@H]1C[C@H]2OC(=O)[C@@]3(C)CCC[C@](C)(C23)[C@@]1(O)CCC1CCOC1C1CCCC2CC2C1. The molecule has 0 spiro atoms. The van der Waals surface area contributed by atoms with E-state index in [1.54, 1.807) is 0 Å². The number of aliphatic hydroxyl groups is 1. The van der Waals surface area contributed by atoms with E-state index in [-0.39, 0.29) is 29.3 Å². The van der Waals surface area contributed by atoms with E-state index in [1.165, 1.54) is 32.1 Å². The lowest BCUT2D eigenvalue weighted by molar-refractivity contribution is -0.219. The number of hydrogen-bond donors (Lipinski definition) is 1. The van der Waals surface area contributed by atoms with E-state index in [1.807, 2.05) is 0 Å². The van der Waals surface area contributed by atoms with Crippen molar-refractivity contribution in [2.45, 2.75) is 116 Å². The monoisotopic (exact) mass is 444 g/mol. The lowest BCUT2D eigenvalue weighted by atomic mass is 9.44. The zero-order valence-electron chi connectivity index (χ0n) is 20.5. The van der Waals surface area contributed by atoms with Crippen molar-refractivity contribution in [2.24, 2.45) is 46.3 Å². The summed E-state index contributed by atoms with van der Waals surface area (Å²) in [5.74, 6) is 3.63. The average Bonchev–Trinajstić information content (AvgIpc) is 3.27. The van der Waals surface area contributed by atoms with Crippen molar-refractivity contribution >= 4 is 5.97 Å². The predicted octanol–water partition coefficient (Wildman–Crippen LogP) is 5.51. The number of carbonyl (C=O) groups excluding carboxylic acids is 1. The van der Waals surface area contributed by atoms with Gasteiger partial charge in [-0.3, -0.25) is 4.79 Å². The molecule has 2 heterocycles. The smallest absolute Gasteiger partial charge is 0.312 e. The van der Waals surface area contributed by atoms with E-state index in [0.29, 0.717) is 12.0 Å². The Morgan fingerprint density at radius 3 is 2.62 bits per heavy atom. The Morgan fingerprint density at radius 1 is 1.00 bits per heavy atom. The first kappa shape index (κ1) is 21.9. The van der Waals surface area contributed by atoms with Gasteiger partial charge < -0.3 is 14.6 Å². The Morgan fingerprint density at radius 2 is 1.78 bits per heavy atom. The van der Waals surface area contributed by atoms with Crippen molar-refractivity contribution in [1.29, 1.82) is 0 Å². The van der Waals surface area contributed by atoms with Gasteiger partial charge in [-0.2, -0.15) is 0 Å². The Bertz CT molecular complexity index is 767. The third kappa shape index (κ3) is 3.03. The number of ether oxygens (including phenoxy) is 2. The van der Waals surface area contributed by atoms with Crippen LogP contribution in [0, 0.1) is 46.3 Å². The summed E-state index contributed by atoms with van der Waals surface area (Å²) < 4.78 is 12.3. The Kier molecular flexibility index (Phi) is 5.09. The summed E-state index contributed by atoms with van der Waals surface area (Å²) in [6.45, 7) is 7.52. The van der Waals surface area contributed by atoms with E-state index in [0.717, 1.165) is 69.3 Å². The maximum absolute atomic E-state index is 12.9. The first-order valence-electron chi connectivity index (χ1n) is 13.8. The van der Waals surface area contributed by atoms with Crippen LogP contribution in [0.5, 0.6) is 0 Å². The molecule has 6 fully saturated rings. The molecular weight excluding hydrogens is 400 g/mol. The van der Waals surface area contributed by atoms with Crippen LogP contribution in [-0.2, 0) is 14.3 Å². The third-order valence-corrected chi connectivity index (χ3v) is 11.7. The molecule has 0 aromatic carbocycles. The number of carbonyl (C=O) groups is 1.